The summed E-state index contributed by atoms with van der Waals surface area (Å²) >= 11 is 0. The molecule has 0 aromatic carbocycles. The lowest BCUT2D eigenvalue weighted by atomic mass is 10.1. The van der Waals surface area contributed by atoms with Crippen LogP contribution in [0.5, 0.6) is 0 Å². The van der Waals surface area contributed by atoms with E-state index in [2.05, 4.69) is 4.98 Å². The highest BCUT2D eigenvalue weighted by molar-refractivity contribution is 5.01. The third kappa shape index (κ3) is 1.88. The fourth-order valence-electron chi connectivity index (χ4n) is 1.45. The normalized spacial score (nSPS) is 11.7. The second-order valence-electron chi connectivity index (χ2n) is 4.09. The Morgan fingerprint density at radius 2 is 1.85 bits per heavy atom. The number of H-pyrrole nitrogens is 1. The number of hydrogen-bond donors (Lipinski definition) is 1. The zero-order chi connectivity index (χ0) is 10.2. The zero-order valence-corrected chi connectivity index (χ0v) is 8.34. The first-order chi connectivity index (χ1) is 5.82. The summed E-state index contributed by atoms with van der Waals surface area (Å²) in [7, 11) is 0. The average molecular weight is 182 g/mol. The van der Waals surface area contributed by atoms with E-state index in [1.54, 1.807) is 11.5 Å². The number of nitrogens with zero attached hydrogens (tertiary/aromatic N) is 1. The molecule has 1 heterocycles. The molecule has 1 aromatic rings. The van der Waals surface area contributed by atoms with E-state index < -0.39 is 0 Å². The van der Waals surface area contributed by atoms with Gasteiger partial charge in [-0.1, -0.05) is 0 Å². The maximum Gasteiger partial charge on any atom is 0.329 e. The Kier molecular flexibility index (Phi) is 2.15. The number of hydrogen-bond acceptors (Lipinski definition) is 2. The Bertz CT molecular complexity index is 420. The Morgan fingerprint density at radius 1 is 1.31 bits per heavy atom. The average Bonchev–Trinajstić information content (AvgIpc) is 1.78. The summed E-state index contributed by atoms with van der Waals surface area (Å²) in [6, 6.07) is 1.42. The van der Waals surface area contributed by atoms with Gasteiger partial charge < -0.3 is 0 Å². The number of nitrogens with one attached hydrogen (secondary N) is 1. The van der Waals surface area contributed by atoms with E-state index in [1.807, 2.05) is 20.8 Å². The quantitative estimate of drug-likeness (QED) is 0.638. The smallest absolute Gasteiger partial charge is 0.293 e. The summed E-state index contributed by atoms with van der Waals surface area (Å²) in [4.78, 5) is 24.6. The largest absolute Gasteiger partial charge is 0.329 e. The molecule has 0 saturated heterocycles. The van der Waals surface area contributed by atoms with Crippen molar-refractivity contribution in [2.45, 2.75) is 33.2 Å². The molecule has 13 heavy (non-hydrogen) atoms. The first-order valence-electron chi connectivity index (χ1n) is 4.16. The number of rotatable bonds is 0. The molecule has 0 spiro atoms. The fraction of sp³-hybridized carbons (Fsp3) is 0.556. The van der Waals surface area contributed by atoms with E-state index in [-0.39, 0.29) is 16.8 Å². The van der Waals surface area contributed by atoms with Gasteiger partial charge in [0.05, 0.1) is 0 Å². The molecular formula is C9H14N2O2. The maximum atomic E-state index is 11.4. The van der Waals surface area contributed by atoms with Crippen LogP contribution in [-0.2, 0) is 5.54 Å². The Morgan fingerprint density at radius 3 is 2.23 bits per heavy atom. The van der Waals surface area contributed by atoms with Gasteiger partial charge in [-0.15, -0.1) is 0 Å². The molecule has 0 aliphatic carbocycles. The predicted octanol–water partition coefficient (Wildman–Crippen LogP) is 0.600. The first kappa shape index (κ1) is 9.77. The number of aryl methyl sites for hydroxylation is 1. The van der Waals surface area contributed by atoms with Crippen molar-refractivity contribution in [2.75, 3.05) is 0 Å². The van der Waals surface area contributed by atoms with Gasteiger partial charge in [0.15, 0.2) is 0 Å². The van der Waals surface area contributed by atoms with Crippen molar-refractivity contribution in [3.63, 3.8) is 0 Å². The van der Waals surface area contributed by atoms with Crippen molar-refractivity contribution in [1.29, 1.82) is 0 Å². The lowest BCUT2D eigenvalue weighted by Gasteiger charge is -2.23. The SMILES string of the molecule is Cc1cc(=O)[nH]c(=O)n1C(C)(C)C. The molecule has 1 N–H and O–H groups in total. The third-order valence-electron chi connectivity index (χ3n) is 1.80. The van der Waals surface area contributed by atoms with Crippen molar-refractivity contribution in [3.05, 3.63) is 32.6 Å². The van der Waals surface area contributed by atoms with Crippen LogP contribution in [0, 0.1) is 6.92 Å². The minimum atomic E-state index is -0.350. The van der Waals surface area contributed by atoms with Crippen LogP contribution in [0.15, 0.2) is 15.7 Å². The van der Waals surface area contributed by atoms with Crippen LogP contribution < -0.4 is 11.2 Å². The molecule has 4 heteroatoms. The molecule has 0 radical (unpaired) electrons. The molecule has 1 rings (SSSR count). The zero-order valence-electron chi connectivity index (χ0n) is 8.34. The van der Waals surface area contributed by atoms with Crippen LogP contribution in [0.3, 0.4) is 0 Å². The monoisotopic (exact) mass is 182 g/mol. The highest BCUT2D eigenvalue weighted by Crippen LogP contribution is 2.11. The minimum absolute atomic E-state index is 0.300. The van der Waals surface area contributed by atoms with E-state index in [0.717, 1.165) is 0 Å². The summed E-state index contributed by atoms with van der Waals surface area (Å²) in [6.45, 7) is 7.50. The molecule has 72 valence electrons. The number of aromatic amines is 1. The topological polar surface area (TPSA) is 54.9 Å². The fourth-order valence-corrected chi connectivity index (χ4v) is 1.45. The third-order valence-corrected chi connectivity index (χ3v) is 1.80. The Labute approximate surface area is 76.2 Å². The predicted molar refractivity (Wildman–Crippen MR) is 51.1 cm³/mol. The minimum Gasteiger partial charge on any atom is -0.293 e. The van der Waals surface area contributed by atoms with Gasteiger partial charge in [0.1, 0.15) is 0 Å². The summed E-state index contributed by atoms with van der Waals surface area (Å²) < 4.78 is 1.56. The highest BCUT2D eigenvalue weighted by atomic mass is 16.2. The van der Waals surface area contributed by atoms with Crippen molar-refractivity contribution < 1.29 is 0 Å². The van der Waals surface area contributed by atoms with Crippen LogP contribution in [0.25, 0.3) is 0 Å². The number of aromatic nitrogens is 2. The molecule has 1 aromatic heterocycles. The molecule has 0 unspecified atom stereocenters. The molecule has 0 atom stereocenters. The highest BCUT2D eigenvalue weighted by Gasteiger charge is 2.16. The van der Waals surface area contributed by atoms with E-state index in [9.17, 15) is 9.59 Å². The van der Waals surface area contributed by atoms with Gasteiger partial charge in [0.25, 0.3) is 5.56 Å². The van der Waals surface area contributed by atoms with Crippen LogP contribution in [0.4, 0.5) is 0 Å². The van der Waals surface area contributed by atoms with Crippen LogP contribution >= 0.6 is 0 Å². The van der Waals surface area contributed by atoms with Crippen molar-refractivity contribution >= 4 is 0 Å². The van der Waals surface area contributed by atoms with Gasteiger partial charge in [-0.3, -0.25) is 14.3 Å². The first-order valence-corrected chi connectivity index (χ1v) is 4.16. The molecule has 0 bridgehead atoms. The van der Waals surface area contributed by atoms with Gasteiger partial charge in [-0.05, 0) is 27.7 Å². The van der Waals surface area contributed by atoms with Crippen LogP contribution in [0.1, 0.15) is 26.5 Å². The maximum absolute atomic E-state index is 11.4. The van der Waals surface area contributed by atoms with Gasteiger partial charge >= 0.3 is 5.69 Å². The van der Waals surface area contributed by atoms with Gasteiger partial charge in [0.2, 0.25) is 0 Å². The molecule has 0 aliphatic rings. The molecule has 0 fully saturated rings. The molecule has 0 saturated carbocycles. The van der Waals surface area contributed by atoms with Crippen molar-refractivity contribution in [2.24, 2.45) is 0 Å². The Hall–Kier alpha value is -1.32. The van der Waals surface area contributed by atoms with E-state index in [0.29, 0.717) is 5.69 Å². The lowest BCUT2D eigenvalue weighted by Crippen LogP contribution is -2.40. The van der Waals surface area contributed by atoms with Gasteiger partial charge in [0, 0.05) is 17.3 Å². The second kappa shape index (κ2) is 2.87. The van der Waals surface area contributed by atoms with E-state index in [4.69, 9.17) is 0 Å². The van der Waals surface area contributed by atoms with E-state index >= 15 is 0 Å². The van der Waals surface area contributed by atoms with E-state index in [1.165, 1.54) is 6.07 Å². The molecular weight excluding hydrogens is 168 g/mol. The summed E-state index contributed by atoms with van der Waals surface area (Å²) in [6.07, 6.45) is 0. The van der Waals surface area contributed by atoms with Crippen molar-refractivity contribution in [3.8, 4) is 0 Å². The Balaban J connectivity index is 3.57. The van der Waals surface area contributed by atoms with Crippen molar-refractivity contribution in [1.82, 2.24) is 9.55 Å². The summed E-state index contributed by atoms with van der Waals surface area (Å²) in [5, 5.41) is 0. The van der Waals surface area contributed by atoms with Crippen LogP contribution in [-0.4, -0.2) is 9.55 Å². The summed E-state index contributed by atoms with van der Waals surface area (Å²) in [5.41, 5.74) is -0.312. The molecule has 0 amide bonds. The van der Waals surface area contributed by atoms with Gasteiger partial charge in [-0.25, -0.2) is 4.79 Å². The second-order valence-corrected chi connectivity index (χ2v) is 4.09. The lowest BCUT2D eigenvalue weighted by molar-refractivity contribution is 0.368. The summed E-state index contributed by atoms with van der Waals surface area (Å²) in [5.74, 6) is 0. The van der Waals surface area contributed by atoms with Gasteiger partial charge in [-0.2, -0.15) is 0 Å². The molecule has 4 nitrogen and oxygen atoms in total. The van der Waals surface area contributed by atoms with Crippen LogP contribution in [0.2, 0.25) is 0 Å². The standard InChI is InChI=1S/C9H14N2O2/c1-6-5-7(12)10-8(13)11(6)9(2,3)4/h5H,1-4H3,(H,10,12,13). The molecule has 0 aliphatic heterocycles.